The second-order valence-corrected chi connectivity index (χ2v) is 6.28. The van der Waals surface area contributed by atoms with Crippen LogP contribution in [0.25, 0.3) is 0 Å². The van der Waals surface area contributed by atoms with E-state index in [2.05, 4.69) is 10.1 Å². The van der Waals surface area contributed by atoms with Crippen LogP contribution in [0.15, 0.2) is 4.52 Å². The summed E-state index contributed by atoms with van der Waals surface area (Å²) in [6.45, 7) is 0.286. The molecule has 2 rings (SSSR count). The van der Waals surface area contributed by atoms with Crippen molar-refractivity contribution in [1.82, 2.24) is 10.1 Å². The maximum Gasteiger partial charge on any atom is 0.229 e. The molecular formula is C13H22N2O3S. The summed E-state index contributed by atoms with van der Waals surface area (Å²) in [6.07, 6.45) is 6.46. The van der Waals surface area contributed by atoms with Crippen LogP contribution in [0, 0.1) is 0 Å². The number of aromatic nitrogens is 2. The molecule has 1 aliphatic carbocycles. The van der Waals surface area contributed by atoms with Crippen LogP contribution in [0.5, 0.6) is 0 Å². The Morgan fingerprint density at radius 1 is 1.42 bits per heavy atom. The van der Waals surface area contributed by atoms with E-state index in [0.29, 0.717) is 12.3 Å². The van der Waals surface area contributed by atoms with E-state index in [1.54, 1.807) is 7.11 Å². The molecule has 1 saturated carbocycles. The normalized spacial score (nSPS) is 18.6. The maximum absolute atomic E-state index is 9.59. The van der Waals surface area contributed by atoms with Crippen molar-refractivity contribution < 1.29 is 14.4 Å². The summed E-state index contributed by atoms with van der Waals surface area (Å²) in [5, 5.41) is 14.3. The highest BCUT2D eigenvalue weighted by Crippen LogP contribution is 2.29. The first-order valence-electron chi connectivity index (χ1n) is 6.88. The zero-order valence-electron chi connectivity index (χ0n) is 11.4. The van der Waals surface area contributed by atoms with Crippen molar-refractivity contribution in [3.63, 3.8) is 0 Å². The molecule has 1 atom stereocenters. The third-order valence-electron chi connectivity index (χ3n) is 3.28. The number of hydrogen-bond acceptors (Lipinski definition) is 6. The minimum atomic E-state index is -0.579. The van der Waals surface area contributed by atoms with Crippen molar-refractivity contribution >= 4 is 11.8 Å². The average molecular weight is 286 g/mol. The van der Waals surface area contributed by atoms with E-state index in [9.17, 15) is 5.11 Å². The summed E-state index contributed by atoms with van der Waals surface area (Å²) in [6, 6.07) is 0. The number of thioether (sulfide) groups is 1. The number of aliphatic hydroxyl groups is 1. The maximum atomic E-state index is 9.59. The summed E-state index contributed by atoms with van der Waals surface area (Å²) in [7, 11) is 1.56. The molecule has 1 fully saturated rings. The molecule has 5 nitrogen and oxygen atoms in total. The average Bonchev–Trinajstić information content (AvgIpc) is 2.85. The second-order valence-electron chi connectivity index (χ2n) is 4.99. The molecule has 108 valence electrons. The predicted molar refractivity (Wildman–Crippen MR) is 74.1 cm³/mol. The first kappa shape index (κ1) is 14.8. The van der Waals surface area contributed by atoms with Gasteiger partial charge in [-0.25, -0.2) is 0 Å². The van der Waals surface area contributed by atoms with Crippen molar-refractivity contribution in [2.75, 3.05) is 13.7 Å². The molecule has 1 aliphatic rings. The fourth-order valence-electron chi connectivity index (χ4n) is 2.31. The van der Waals surface area contributed by atoms with Gasteiger partial charge in [0.25, 0.3) is 0 Å². The predicted octanol–water partition coefficient (Wildman–Crippen LogP) is 2.19. The molecule has 0 aromatic carbocycles. The molecular weight excluding hydrogens is 264 g/mol. The van der Waals surface area contributed by atoms with Crippen LogP contribution in [0.4, 0.5) is 0 Å². The zero-order valence-corrected chi connectivity index (χ0v) is 12.2. The van der Waals surface area contributed by atoms with E-state index < -0.39 is 6.10 Å². The van der Waals surface area contributed by atoms with Crippen molar-refractivity contribution in [3.05, 3.63) is 11.7 Å². The molecule has 0 amide bonds. The second kappa shape index (κ2) is 7.87. The van der Waals surface area contributed by atoms with Crippen molar-refractivity contribution in [1.29, 1.82) is 0 Å². The van der Waals surface area contributed by atoms with Gasteiger partial charge < -0.3 is 14.4 Å². The molecule has 0 spiro atoms. The number of aliphatic hydroxyl groups excluding tert-OH is 1. The SMILES string of the molecule is COCC(O)Cc1nc(CSC2CCCCC2)no1. The quantitative estimate of drug-likeness (QED) is 0.828. The molecule has 0 bridgehead atoms. The van der Waals surface area contributed by atoms with Crippen molar-refractivity contribution in [3.8, 4) is 0 Å². The van der Waals surface area contributed by atoms with Crippen LogP contribution in [-0.2, 0) is 16.9 Å². The largest absolute Gasteiger partial charge is 0.390 e. The summed E-state index contributed by atoms with van der Waals surface area (Å²) in [5.74, 6) is 2.02. The van der Waals surface area contributed by atoms with E-state index in [1.807, 2.05) is 11.8 Å². The Morgan fingerprint density at radius 2 is 2.21 bits per heavy atom. The van der Waals surface area contributed by atoms with E-state index in [4.69, 9.17) is 9.26 Å². The lowest BCUT2D eigenvalue weighted by Gasteiger charge is -2.19. The fourth-order valence-corrected chi connectivity index (χ4v) is 3.48. The van der Waals surface area contributed by atoms with Gasteiger partial charge in [0.15, 0.2) is 5.82 Å². The molecule has 1 heterocycles. The molecule has 0 saturated heterocycles. The molecule has 1 unspecified atom stereocenters. The lowest BCUT2D eigenvalue weighted by Crippen LogP contribution is -2.17. The summed E-state index contributed by atoms with van der Waals surface area (Å²) in [4.78, 5) is 4.30. The van der Waals surface area contributed by atoms with Crippen LogP contribution in [-0.4, -0.2) is 40.3 Å². The van der Waals surface area contributed by atoms with Gasteiger partial charge in [-0.05, 0) is 12.8 Å². The number of rotatable bonds is 7. The van der Waals surface area contributed by atoms with Crippen LogP contribution < -0.4 is 0 Å². The summed E-state index contributed by atoms with van der Waals surface area (Å²) < 4.78 is 10.00. The Labute approximate surface area is 118 Å². The smallest absolute Gasteiger partial charge is 0.229 e. The summed E-state index contributed by atoms with van der Waals surface area (Å²) in [5.41, 5.74) is 0. The molecule has 1 N–H and O–H groups in total. The fraction of sp³-hybridized carbons (Fsp3) is 0.846. The van der Waals surface area contributed by atoms with Gasteiger partial charge in [-0.1, -0.05) is 24.4 Å². The van der Waals surface area contributed by atoms with E-state index in [0.717, 1.165) is 16.8 Å². The van der Waals surface area contributed by atoms with Gasteiger partial charge in [-0.15, -0.1) is 0 Å². The van der Waals surface area contributed by atoms with E-state index in [-0.39, 0.29) is 6.61 Å². The van der Waals surface area contributed by atoms with E-state index >= 15 is 0 Å². The molecule has 1 aromatic rings. The third kappa shape index (κ3) is 5.12. The first-order valence-corrected chi connectivity index (χ1v) is 7.93. The van der Waals surface area contributed by atoms with Gasteiger partial charge in [0.1, 0.15) is 0 Å². The number of methoxy groups -OCH3 is 1. The Hall–Kier alpha value is -0.590. The summed E-state index contributed by atoms with van der Waals surface area (Å²) >= 11 is 1.92. The van der Waals surface area contributed by atoms with Gasteiger partial charge in [0.2, 0.25) is 5.89 Å². The Morgan fingerprint density at radius 3 is 2.95 bits per heavy atom. The van der Waals surface area contributed by atoms with E-state index in [1.165, 1.54) is 32.1 Å². The topological polar surface area (TPSA) is 68.4 Å². The van der Waals surface area contributed by atoms with Crippen LogP contribution in [0.2, 0.25) is 0 Å². The van der Waals surface area contributed by atoms with Crippen molar-refractivity contribution in [2.24, 2.45) is 0 Å². The first-order chi connectivity index (χ1) is 9.28. The van der Waals surface area contributed by atoms with Crippen molar-refractivity contribution in [2.45, 2.75) is 55.6 Å². The molecule has 19 heavy (non-hydrogen) atoms. The molecule has 0 aliphatic heterocycles. The Kier molecular flexibility index (Phi) is 6.13. The number of hydrogen-bond donors (Lipinski definition) is 1. The minimum Gasteiger partial charge on any atom is -0.390 e. The zero-order chi connectivity index (χ0) is 13.5. The standard InChI is InChI=1S/C13H22N2O3S/c1-17-8-10(16)7-13-14-12(15-18-13)9-19-11-5-3-2-4-6-11/h10-11,16H,2-9H2,1H3. The lowest BCUT2D eigenvalue weighted by molar-refractivity contribution is 0.0599. The monoisotopic (exact) mass is 286 g/mol. The van der Waals surface area contributed by atoms with Crippen LogP contribution >= 0.6 is 11.8 Å². The highest BCUT2D eigenvalue weighted by Gasteiger charge is 2.16. The number of ether oxygens (including phenoxy) is 1. The van der Waals surface area contributed by atoms with Gasteiger partial charge in [-0.3, -0.25) is 0 Å². The minimum absolute atomic E-state index is 0.286. The van der Waals surface area contributed by atoms with Crippen LogP contribution in [0.3, 0.4) is 0 Å². The van der Waals surface area contributed by atoms with Gasteiger partial charge in [0, 0.05) is 12.4 Å². The van der Waals surface area contributed by atoms with Gasteiger partial charge in [0.05, 0.1) is 24.9 Å². The molecule has 0 radical (unpaired) electrons. The molecule has 6 heteroatoms. The Bertz CT molecular complexity index is 367. The van der Waals surface area contributed by atoms with Crippen LogP contribution in [0.1, 0.15) is 43.8 Å². The third-order valence-corrected chi connectivity index (χ3v) is 4.65. The highest BCUT2D eigenvalue weighted by atomic mass is 32.2. The highest BCUT2D eigenvalue weighted by molar-refractivity contribution is 7.99. The van der Waals surface area contributed by atoms with Gasteiger partial charge >= 0.3 is 0 Å². The Balaban J connectivity index is 1.73. The van der Waals surface area contributed by atoms with Gasteiger partial charge in [-0.2, -0.15) is 16.7 Å². The lowest BCUT2D eigenvalue weighted by atomic mass is 10.0. The molecule has 1 aromatic heterocycles. The number of nitrogens with zero attached hydrogens (tertiary/aromatic N) is 2.